The Balaban J connectivity index is 0.00000242. The van der Waals surface area contributed by atoms with Crippen molar-refractivity contribution < 1.29 is 9.47 Å². The predicted octanol–water partition coefficient (Wildman–Crippen LogP) is 1.93. The highest BCUT2D eigenvalue weighted by molar-refractivity contribution is 14.0. The third-order valence-electron chi connectivity index (χ3n) is 3.21. The number of hydrogen-bond acceptors (Lipinski definition) is 4. The number of rotatable bonds is 8. The Bertz CT molecular complexity index is 480. The van der Waals surface area contributed by atoms with Gasteiger partial charge >= 0.3 is 0 Å². The second-order valence-corrected chi connectivity index (χ2v) is 5.46. The second-order valence-electron chi connectivity index (χ2n) is 5.46. The lowest BCUT2D eigenvalue weighted by Crippen LogP contribution is -2.40. The molecule has 0 aliphatic heterocycles. The highest BCUT2D eigenvalue weighted by Gasteiger charge is 2.22. The number of hydrogen-bond donors (Lipinski definition) is 2. The quantitative estimate of drug-likeness (QED) is 0.382. The first kappa shape index (κ1) is 19.0. The molecule has 124 valence electrons. The Morgan fingerprint density at radius 2 is 2.32 bits per heavy atom. The van der Waals surface area contributed by atoms with E-state index in [0.29, 0.717) is 25.0 Å². The number of ether oxygens (including phenoxy) is 2. The summed E-state index contributed by atoms with van der Waals surface area (Å²) in [6.07, 6.45) is 4.28. The van der Waals surface area contributed by atoms with Crippen LogP contribution in [-0.2, 0) is 11.3 Å². The third-order valence-corrected chi connectivity index (χ3v) is 3.21. The maximum absolute atomic E-state index is 5.83. The number of aromatic nitrogens is 1. The first-order chi connectivity index (χ1) is 10.2. The van der Waals surface area contributed by atoms with Crippen molar-refractivity contribution >= 4 is 29.9 Å². The fraction of sp³-hybridized carbons (Fsp3) is 0.600. The molecule has 1 saturated carbocycles. The fourth-order valence-electron chi connectivity index (χ4n) is 1.88. The van der Waals surface area contributed by atoms with Gasteiger partial charge in [-0.1, -0.05) is 0 Å². The van der Waals surface area contributed by atoms with E-state index in [1.54, 1.807) is 13.3 Å². The lowest BCUT2D eigenvalue weighted by molar-refractivity contribution is 0.179. The molecule has 1 aromatic heterocycles. The van der Waals surface area contributed by atoms with E-state index >= 15 is 0 Å². The van der Waals surface area contributed by atoms with Crippen molar-refractivity contribution in [2.75, 3.05) is 20.3 Å². The number of guanidine groups is 1. The van der Waals surface area contributed by atoms with E-state index in [1.807, 2.05) is 19.1 Å². The molecule has 2 rings (SSSR count). The zero-order chi connectivity index (χ0) is 15.1. The first-order valence-corrected chi connectivity index (χ1v) is 7.30. The van der Waals surface area contributed by atoms with E-state index in [2.05, 4.69) is 15.3 Å². The summed E-state index contributed by atoms with van der Waals surface area (Å²) in [6.45, 7) is 3.84. The van der Waals surface area contributed by atoms with Gasteiger partial charge in [-0.2, -0.15) is 0 Å². The van der Waals surface area contributed by atoms with E-state index < -0.39 is 0 Å². The van der Waals surface area contributed by atoms with Gasteiger partial charge in [-0.25, -0.2) is 9.98 Å². The van der Waals surface area contributed by atoms with Gasteiger partial charge in [0.25, 0.3) is 0 Å². The third kappa shape index (κ3) is 7.26. The van der Waals surface area contributed by atoms with Crippen LogP contribution in [0.2, 0.25) is 0 Å². The largest absolute Gasteiger partial charge is 0.477 e. The summed E-state index contributed by atoms with van der Waals surface area (Å²) in [4.78, 5) is 8.51. The topological polar surface area (TPSA) is 81.8 Å². The van der Waals surface area contributed by atoms with Crippen molar-refractivity contribution in [2.24, 2.45) is 16.6 Å². The zero-order valence-corrected chi connectivity index (χ0v) is 15.4. The summed E-state index contributed by atoms with van der Waals surface area (Å²) in [7, 11) is 1.66. The molecule has 1 aromatic rings. The van der Waals surface area contributed by atoms with Crippen LogP contribution in [0.4, 0.5) is 0 Å². The van der Waals surface area contributed by atoms with Crippen molar-refractivity contribution in [2.45, 2.75) is 32.4 Å². The summed E-state index contributed by atoms with van der Waals surface area (Å²) < 4.78 is 10.7. The van der Waals surface area contributed by atoms with Gasteiger partial charge in [-0.3, -0.25) is 0 Å². The summed E-state index contributed by atoms with van der Waals surface area (Å²) in [5, 5.41) is 3.07. The number of nitrogens with one attached hydrogen (secondary N) is 1. The molecule has 1 aliphatic rings. The molecule has 0 spiro atoms. The molecule has 0 radical (unpaired) electrons. The van der Waals surface area contributed by atoms with Crippen LogP contribution >= 0.6 is 24.0 Å². The number of nitrogens with two attached hydrogens (primary N) is 1. The maximum Gasteiger partial charge on any atom is 0.213 e. The molecule has 0 amide bonds. The van der Waals surface area contributed by atoms with E-state index in [1.165, 1.54) is 12.8 Å². The SMILES string of the molecule is COCC(C)NC(N)=NCc1ccnc(OCC2CC2)c1.I. The van der Waals surface area contributed by atoms with Crippen LogP contribution in [-0.4, -0.2) is 37.3 Å². The van der Waals surface area contributed by atoms with Crippen LogP contribution < -0.4 is 15.8 Å². The van der Waals surface area contributed by atoms with Crippen LogP contribution in [0.1, 0.15) is 25.3 Å². The summed E-state index contributed by atoms with van der Waals surface area (Å²) in [6, 6.07) is 3.96. The summed E-state index contributed by atoms with van der Waals surface area (Å²) in [5.41, 5.74) is 6.86. The molecule has 22 heavy (non-hydrogen) atoms. The lowest BCUT2D eigenvalue weighted by atomic mass is 10.3. The highest BCUT2D eigenvalue weighted by atomic mass is 127. The van der Waals surface area contributed by atoms with Crippen LogP contribution in [0.5, 0.6) is 5.88 Å². The molecule has 1 aliphatic carbocycles. The van der Waals surface area contributed by atoms with Crippen molar-refractivity contribution in [3.05, 3.63) is 23.9 Å². The molecule has 3 N–H and O–H groups in total. The van der Waals surface area contributed by atoms with Crippen LogP contribution in [0.15, 0.2) is 23.3 Å². The molecular formula is C15H25IN4O2. The van der Waals surface area contributed by atoms with Gasteiger partial charge in [-0.05, 0) is 37.3 Å². The van der Waals surface area contributed by atoms with Crippen molar-refractivity contribution in [3.8, 4) is 5.88 Å². The Morgan fingerprint density at radius 3 is 3.00 bits per heavy atom. The number of pyridine rings is 1. The average molecular weight is 420 g/mol. The van der Waals surface area contributed by atoms with Gasteiger partial charge in [0.2, 0.25) is 5.88 Å². The van der Waals surface area contributed by atoms with Gasteiger partial charge in [0.05, 0.1) is 19.8 Å². The van der Waals surface area contributed by atoms with Gasteiger partial charge in [0, 0.05) is 25.4 Å². The molecular weight excluding hydrogens is 395 g/mol. The molecule has 1 fully saturated rings. The lowest BCUT2D eigenvalue weighted by Gasteiger charge is -2.13. The van der Waals surface area contributed by atoms with Gasteiger partial charge in [0.15, 0.2) is 5.96 Å². The predicted molar refractivity (Wildman–Crippen MR) is 97.7 cm³/mol. The van der Waals surface area contributed by atoms with Crippen molar-refractivity contribution in [1.82, 2.24) is 10.3 Å². The molecule has 1 heterocycles. The molecule has 0 bridgehead atoms. The van der Waals surface area contributed by atoms with Crippen molar-refractivity contribution in [3.63, 3.8) is 0 Å². The van der Waals surface area contributed by atoms with Gasteiger partial charge < -0.3 is 20.5 Å². The summed E-state index contributed by atoms with van der Waals surface area (Å²) in [5.74, 6) is 1.79. The molecule has 1 unspecified atom stereocenters. The number of nitrogens with zero attached hydrogens (tertiary/aromatic N) is 2. The van der Waals surface area contributed by atoms with E-state index in [9.17, 15) is 0 Å². The Morgan fingerprint density at radius 1 is 1.55 bits per heavy atom. The number of methoxy groups -OCH3 is 1. The van der Waals surface area contributed by atoms with Gasteiger partial charge in [0.1, 0.15) is 0 Å². The van der Waals surface area contributed by atoms with Gasteiger partial charge in [-0.15, -0.1) is 24.0 Å². The number of halogens is 1. The van der Waals surface area contributed by atoms with Crippen LogP contribution in [0.25, 0.3) is 0 Å². The highest BCUT2D eigenvalue weighted by Crippen LogP contribution is 2.29. The Labute approximate surface area is 148 Å². The number of aliphatic imine (C=N–C) groups is 1. The fourth-order valence-corrected chi connectivity index (χ4v) is 1.88. The second kappa shape index (κ2) is 9.83. The monoisotopic (exact) mass is 420 g/mol. The van der Waals surface area contributed by atoms with E-state index in [-0.39, 0.29) is 30.0 Å². The minimum Gasteiger partial charge on any atom is -0.477 e. The van der Waals surface area contributed by atoms with E-state index in [0.717, 1.165) is 18.1 Å². The van der Waals surface area contributed by atoms with E-state index in [4.69, 9.17) is 15.2 Å². The molecule has 7 heteroatoms. The van der Waals surface area contributed by atoms with Crippen LogP contribution in [0, 0.1) is 5.92 Å². The summed E-state index contributed by atoms with van der Waals surface area (Å²) >= 11 is 0. The minimum atomic E-state index is 0. The average Bonchev–Trinajstić information content (AvgIpc) is 3.28. The Hall–Kier alpha value is -1.09. The first-order valence-electron chi connectivity index (χ1n) is 7.30. The van der Waals surface area contributed by atoms with Crippen molar-refractivity contribution in [1.29, 1.82) is 0 Å². The molecule has 0 saturated heterocycles. The standard InChI is InChI=1S/C15H24N4O2.HI/c1-11(9-20-2)19-15(16)18-8-13-5-6-17-14(7-13)21-10-12-3-4-12;/h5-7,11-12H,3-4,8-10H2,1-2H3,(H3,16,18,19);1H. The zero-order valence-electron chi connectivity index (χ0n) is 13.1. The molecule has 0 aromatic carbocycles. The smallest absolute Gasteiger partial charge is 0.213 e. The maximum atomic E-state index is 5.83. The van der Waals surface area contributed by atoms with Crippen LogP contribution in [0.3, 0.4) is 0 Å². The minimum absolute atomic E-state index is 0. The molecule has 1 atom stereocenters. The Kier molecular flexibility index (Phi) is 8.47. The normalized spacial score (nSPS) is 15.8. The molecule has 6 nitrogen and oxygen atoms in total.